The molecule has 0 saturated heterocycles. The highest BCUT2D eigenvalue weighted by Gasteiger charge is 2.33. The van der Waals surface area contributed by atoms with Crippen molar-refractivity contribution in [1.29, 1.82) is 0 Å². The first-order chi connectivity index (χ1) is 10.3. The Morgan fingerprint density at radius 2 is 1.64 bits per heavy atom. The van der Waals surface area contributed by atoms with Gasteiger partial charge >= 0.3 is 6.18 Å². The molecule has 0 unspecified atom stereocenters. The molecule has 114 valence electrons. The molecule has 1 heterocycles. The van der Waals surface area contributed by atoms with Crippen molar-refractivity contribution < 1.29 is 21.6 Å². The summed E-state index contributed by atoms with van der Waals surface area (Å²) in [7, 11) is -4.04. The van der Waals surface area contributed by atoms with E-state index in [0.717, 1.165) is 6.07 Å². The fourth-order valence-corrected chi connectivity index (χ4v) is 3.76. The monoisotopic (exact) mass is 325 g/mol. The molecule has 0 fully saturated rings. The minimum absolute atomic E-state index is 0.0446. The van der Waals surface area contributed by atoms with Gasteiger partial charge < -0.3 is 4.98 Å². The molecule has 1 aromatic heterocycles. The maximum Gasteiger partial charge on any atom is 0.416 e. The Hall–Kier alpha value is -2.28. The van der Waals surface area contributed by atoms with Crippen molar-refractivity contribution in [1.82, 2.24) is 4.98 Å². The zero-order valence-electron chi connectivity index (χ0n) is 11.1. The van der Waals surface area contributed by atoms with Crippen molar-refractivity contribution in [2.24, 2.45) is 0 Å². The highest BCUT2D eigenvalue weighted by Crippen LogP contribution is 2.36. The standard InChI is InChI=1S/C15H10F3NO2S/c16-15(17,18)10-8-13-12(6-7-19-13)14(9-10)22(20,21)11-4-2-1-3-5-11/h1-9,19H. The molecular formula is C15H10F3NO2S. The van der Waals surface area contributed by atoms with Gasteiger partial charge in [-0.1, -0.05) is 18.2 Å². The second-order valence-corrected chi connectivity index (χ2v) is 6.65. The predicted octanol–water partition coefficient (Wildman–Crippen LogP) is 4.02. The summed E-state index contributed by atoms with van der Waals surface area (Å²) in [6.07, 6.45) is -3.21. The summed E-state index contributed by atoms with van der Waals surface area (Å²) in [5, 5.41) is 0.233. The summed E-state index contributed by atoms with van der Waals surface area (Å²) >= 11 is 0. The molecule has 7 heteroatoms. The van der Waals surface area contributed by atoms with Crippen LogP contribution < -0.4 is 0 Å². The fraction of sp³-hybridized carbons (Fsp3) is 0.0667. The third kappa shape index (κ3) is 2.37. The Morgan fingerprint density at radius 3 is 2.27 bits per heavy atom. The molecular weight excluding hydrogens is 315 g/mol. The minimum Gasteiger partial charge on any atom is -0.361 e. The number of halogens is 3. The molecule has 0 saturated carbocycles. The number of alkyl halides is 3. The van der Waals surface area contributed by atoms with Crippen LogP contribution in [0.15, 0.2) is 64.5 Å². The summed E-state index contributed by atoms with van der Waals surface area (Å²) in [5.41, 5.74) is -0.874. The fourth-order valence-electron chi connectivity index (χ4n) is 2.25. The lowest BCUT2D eigenvalue weighted by atomic mass is 10.1. The first kappa shape index (κ1) is 14.6. The average Bonchev–Trinajstić information content (AvgIpc) is 2.94. The molecule has 0 radical (unpaired) electrons. The smallest absolute Gasteiger partial charge is 0.361 e. The molecule has 0 spiro atoms. The molecule has 0 atom stereocenters. The molecule has 0 amide bonds. The lowest BCUT2D eigenvalue weighted by Crippen LogP contribution is -2.09. The Balaban J connectivity index is 2.33. The second kappa shape index (κ2) is 4.88. The van der Waals surface area contributed by atoms with Crippen LogP contribution in [0.5, 0.6) is 0 Å². The van der Waals surface area contributed by atoms with E-state index < -0.39 is 21.6 Å². The van der Waals surface area contributed by atoms with Crippen molar-refractivity contribution in [3.8, 4) is 0 Å². The van der Waals surface area contributed by atoms with E-state index in [1.54, 1.807) is 6.07 Å². The molecule has 0 bridgehead atoms. The maximum atomic E-state index is 13.0. The van der Waals surface area contributed by atoms with Crippen molar-refractivity contribution in [3.05, 3.63) is 60.3 Å². The van der Waals surface area contributed by atoms with Crippen molar-refractivity contribution in [2.45, 2.75) is 16.0 Å². The number of nitrogens with one attached hydrogen (secondary N) is 1. The van der Waals surface area contributed by atoms with Gasteiger partial charge in [-0.2, -0.15) is 13.2 Å². The first-order valence-corrected chi connectivity index (χ1v) is 7.77. The highest BCUT2D eigenvalue weighted by molar-refractivity contribution is 7.91. The van der Waals surface area contributed by atoms with E-state index in [1.807, 2.05) is 0 Å². The van der Waals surface area contributed by atoms with Gasteiger partial charge in [-0.15, -0.1) is 0 Å². The molecule has 2 aromatic carbocycles. The predicted molar refractivity (Wildman–Crippen MR) is 75.2 cm³/mol. The van der Waals surface area contributed by atoms with Crippen molar-refractivity contribution in [2.75, 3.05) is 0 Å². The van der Waals surface area contributed by atoms with E-state index in [1.165, 1.54) is 36.5 Å². The lowest BCUT2D eigenvalue weighted by Gasteiger charge is -2.11. The van der Waals surface area contributed by atoms with Gasteiger partial charge in [-0.05, 0) is 30.3 Å². The molecule has 22 heavy (non-hydrogen) atoms. The summed E-state index contributed by atoms with van der Waals surface area (Å²) in [6, 6.07) is 10.4. The average molecular weight is 325 g/mol. The Kier molecular flexibility index (Phi) is 3.25. The minimum atomic E-state index is -4.62. The van der Waals surface area contributed by atoms with Gasteiger partial charge in [0, 0.05) is 17.1 Å². The Labute approximate surface area is 124 Å². The zero-order valence-corrected chi connectivity index (χ0v) is 11.9. The first-order valence-electron chi connectivity index (χ1n) is 6.28. The van der Waals surface area contributed by atoms with E-state index in [0.29, 0.717) is 6.07 Å². The van der Waals surface area contributed by atoms with Crippen LogP contribution in [-0.2, 0) is 16.0 Å². The van der Waals surface area contributed by atoms with E-state index in [9.17, 15) is 21.6 Å². The molecule has 0 aliphatic carbocycles. The molecule has 0 aliphatic heterocycles. The molecule has 3 rings (SSSR count). The number of rotatable bonds is 2. The Bertz CT molecular complexity index is 928. The number of hydrogen-bond acceptors (Lipinski definition) is 2. The number of H-pyrrole nitrogens is 1. The number of aromatic nitrogens is 1. The van der Waals surface area contributed by atoms with Gasteiger partial charge in [0.05, 0.1) is 15.4 Å². The van der Waals surface area contributed by atoms with Crippen LogP contribution in [0.2, 0.25) is 0 Å². The van der Waals surface area contributed by atoms with Crippen LogP contribution in [0, 0.1) is 0 Å². The molecule has 0 aliphatic rings. The van der Waals surface area contributed by atoms with Crippen LogP contribution in [0.1, 0.15) is 5.56 Å². The molecule has 1 N–H and O–H groups in total. The highest BCUT2D eigenvalue weighted by atomic mass is 32.2. The van der Waals surface area contributed by atoms with Gasteiger partial charge in [0.1, 0.15) is 0 Å². The van der Waals surface area contributed by atoms with Gasteiger partial charge in [0.25, 0.3) is 0 Å². The van der Waals surface area contributed by atoms with Crippen LogP contribution >= 0.6 is 0 Å². The van der Waals surface area contributed by atoms with Gasteiger partial charge in [-0.25, -0.2) is 8.42 Å². The van der Waals surface area contributed by atoms with Crippen molar-refractivity contribution in [3.63, 3.8) is 0 Å². The quantitative estimate of drug-likeness (QED) is 0.773. The summed E-state index contributed by atoms with van der Waals surface area (Å²) < 4.78 is 64.2. The third-order valence-electron chi connectivity index (χ3n) is 3.30. The number of benzene rings is 2. The summed E-state index contributed by atoms with van der Waals surface area (Å²) in [5.74, 6) is 0. The van der Waals surface area contributed by atoms with E-state index in [4.69, 9.17) is 0 Å². The maximum absolute atomic E-state index is 13.0. The van der Waals surface area contributed by atoms with Crippen LogP contribution in [0.3, 0.4) is 0 Å². The molecule has 3 nitrogen and oxygen atoms in total. The SMILES string of the molecule is O=S(=O)(c1ccccc1)c1cc(C(F)(F)F)cc2[nH]ccc12. The Morgan fingerprint density at radius 1 is 0.955 bits per heavy atom. The number of fused-ring (bicyclic) bond motifs is 1. The largest absolute Gasteiger partial charge is 0.416 e. The summed E-state index contributed by atoms with van der Waals surface area (Å²) in [6.45, 7) is 0. The normalized spacial score (nSPS) is 12.7. The molecule has 3 aromatic rings. The van der Waals surface area contributed by atoms with E-state index in [2.05, 4.69) is 4.98 Å². The van der Waals surface area contributed by atoms with Gasteiger partial charge in [-0.3, -0.25) is 0 Å². The van der Waals surface area contributed by atoms with E-state index >= 15 is 0 Å². The van der Waals surface area contributed by atoms with E-state index in [-0.39, 0.29) is 20.7 Å². The second-order valence-electron chi connectivity index (χ2n) is 4.73. The zero-order chi connectivity index (χ0) is 16.0. The topological polar surface area (TPSA) is 49.9 Å². The van der Waals surface area contributed by atoms with Gasteiger partial charge in [0.15, 0.2) is 0 Å². The third-order valence-corrected chi connectivity index (χ3v) is 5.11. The summed E-state index contributed by atoms with van der Waals surface area (Å²) in [4.78, 5) is 2.23. The van der Waals surface area contributed by atoms with Crippen LogP contribution in [-0.4, -0.2) is 13.4 Å². The van der Waals surface area contributed by atoms with Gasteiger partial charge in [0.2, 0.25) is 9.84 Å². The lowest BCUT2D eigenvalue weighted by molar-refractivity contribution is -0.137. The number of sulfone groups is 1. The van der Waals surface area contributed by atoms with Crippen LogP contribution in [0.4, 0.5) is 13.2 Å². The number of hydrogen-bond donors (Lipinski definition) is 1. The number of aromatic amines is 1. The van der Waals surface area contributed by atoms with Crippen molar-refractivity contribution >= 4 is 20.7 Å². The van der Waals surface area contributed by atoms with Crippen LogP contribution in [0.25, 0.3) is 10.9 Å².